The summed E-state index contributed by atoms with van der Waals surface area (Å²) in [6.07, 6.45) is 3.59. The van der Waals surface area contributed by atoms with Crippen molar-refractivity contribution in [2.45, 2.75) is 18.7 Å². The van der Waals surface area contributed by atoms with Gasteiger partial charge in [-0.2, -0.15) is 9.40 Å². The van der Waals surface area contributed by atoms with Gasteiger partial charge < -0.3 is 0 Å². The minimum Gasteiger partial charge on any atom is -0.296 e. The standard InChI is InChI=1S/C24H24N4O3S3/c1-4-27(5-2)34(30,31)20-13-9-10-17(14-20)22-18(15-21-23(29)26(3)24(32)33-21)16-28(25-22)19-11-7-6-8-12-19/h6-16H,4-5H2,1-3H3. The lowest BCUT2D eigenvalue weighted by molar-refractivity contribution is -0.121. The normalized spacial score (nSPS) is 15.6. The van der Waals surface area contributed by atoms with E-state index in [1.165, 1.54) is 21.0 Å². The maximum Gasteiger partial charge on any atom is 0.265 e. The van der Waals surface area contributed by atoms with Crippen LogP contribution in [0.3, 0.4) is 0 Å². The quantitative estimate of drug-likeness (QED) is 0.345. The predicted molar refractivity (Wildman–Crippen MR) is 140 cm³/mol. The fourth-order valence-electron chi connectivity index (χ4n) is 3.63. The van der Waals surface area contributed by atoms with Gasteiger partial charge in [0.05, 0.1) is 15.5 Å². The molecule has 1 amide bonds. The molecule has 2 heterocycles. The number of hydrogen-bond donors (Lipinski definition) is 0. The highest BCUT2D eigenvalue weighted by atomic mass is 32.2. The number of aromatic nitrogens is 2. The SMILES string of the molecule is CCN(CC)S(=O)(=O)c1cccc(-c2nn(-c3ccccc3)cc2C=C2SC(=S)N(C)C2=O)c1. The van der Waals surface area contributed by atoms with E-state index < -0.39 is 10.0 Å². The Morgan fingerprint density at radius 2 is 1.79 bits per heavy atom. The Hall–Kier alpha value is -2.79. The molecule has 0 aliphatic carbocycles. The Labute approximate surface area is 209 Å². The Kier molecular flexibility index (Phi) is 7.04. The monoisotopic (exact) mass is 512 g/mol. The summed E-state index contributed by atoms with van der Waals surface area (Å²) in [7, 11) is -1.99. The summed E-state index contributed by atoms with van der Waals surface area (Å²) < 4.78 is 29.8. The van der Waals surface area contributed by atoms with Gasteiger partial charge >= 0.3 is 0 Å². The number of benzene rings is 2. The highest BCUT2D eigenvalue weighted by molar-refractivity contribution is 8.26. The van der Waals surface area contributed by atoms with Crippen molar-refractivity contribution in [3.8, 4) is 16.9 Å². The van der Waals surface area contributed by atoms with Gasteiger partial charge in [-0.1, -0.05) is 68.2 Å². The largest absolute Gasteiger partial charge is 0.296 e. The number of carbonyl (C=O) groups excluding carboxylic acids is 1. The van der Waals surface area contributed by atoms with Crippen molar-refractivity contribution in [1.82, 2.24) is 19.0 Å². The molecule has 0 atom stereocenters. The summed E-state index contributed by atoms with van der Waals surface area (Å²) in [6.45, 7) is 4.40. The van der Waals surface area contributed by atoms with Crippen molar-refractivity contribution in [3.63, 3.8) is 0 Å². The highest BCUT2D eigenvalue weighted by Crippen LogP contribution is 2.34. The van der Waals surface area contributed by atoms with Crippen LogP contribution in [0.25, 0.3) is 23.0 Å². The summed E-state index contributed by atoms with van der Waals surface area (Å²) >= 11 is 6.49. The first-order chi connectivity index (χ1) is 16.3. The number of amides is 1. The summed E-state index contributed by atoms with van der Waals surface area (Å²) in [4.78, 5) is 14.7. The lowest BCUT2D eigenvalue weighted by Crippen LogP contribution is -2.30. The number of para-hydroxylation sites is 1. The molecule has 1 aromatic heterocycles. The van der Waals surface area contributed by atoms with Crippen LogP contribution in [-0.4, -0.2) is 57.8 Å². The van der Waals surface area contributed by atoms with Gasteiger partial charge in [0.25, 0.3) is 5.91 Å². The fourth-order valence-corrected chi connectivity index (χ4v) is 6.31. The van der Waals surface area contributed by atoms with Crippen LogP contribution in [0.15, 0.2) is 70.6 Å². The predicted octanol–water partition coefficient (Wildman–Crippen LogP) is 4.40. The van der Waals surface area contributed by atoms with Crippen LogP contribution >= 0.6 is 24.0 Å². The van der Waals surface area contributed by atoms with E-state index in [-0.39, 0.29) is 10.8 Å². The van der Waals surface area contributed by atoms with Crippen LogP contribution in [0.4, 0.5) is 0 Å². The molecular formula is C24H24N4O3S3. The third kappa shape index (κ3) is 4.58. The van der Waals surface area contributed by atoms with E-state index in [2.05, 4.69) is 0 Å². The van der Waals surface area contributed by atoms with Crippen molar-refractivity contribution in [3.05, 3.63) is 71.3 Å². The van der Waals surface area contributed by atoms with Gasteiger partial charge in [0, 0.05) is 37.5 Å². The summed E-state index contributed by atoms with van der Waals surface area (Å²) in [5.41, 5.74) is 2.75. The number of hydrogen-bond acceptors (Lipinski definition) is 6. The number of thiocarbonyl (C=S) groups is 1. The Morgan fingerprint density at radius 3 is 2.41 bits per heavy atom. The van der Waals surface area contributed by atoms with E-state index >= 15 is 0 Å². The molecule has 0 unspecified atom stereocenters. The summed E-state index contributed by atoms with van der Waals surface area (Å²) in [6, 6.07) is 16.3. The van der Waals surface area contributed by atoms with Gasteiger partial charge in [0.1, 0.15) is 10.0 Å². The van der Waals surface area contributed by atoms with Crippen LogP contribution in [0.2, 0.25) is 0 Å². The molecule has 4 rings (SSSR count). The molecule has 0 spiro atoms. The smallest absolute Gasteiger partial charge is 0.265 e. The Morgan fingerprint density at radius 1 is 1.09 bits per heavy atom. The molecule has 2 aromatic carbocycles. The molecule has 1 aliphatic rings. The molecule has 0 radical (unpaired) electrons. The van der Waals surface area contributed by atoms with Crippen molar-refractivity contribution in [2.75, 3.05) is 20.1 Å². The number of sulfonamides is 1. The maximum atomic E-state index is 13.1. The zero-order valence-corrected chi connectivity index (χ0v) is 21.5. The second kappa shape index (κ2) is 9.83. The molecule has 0 bridgehead atoms. The van der Waals surface area contributed by atoms with Gasteiger partial charge in [-0.3, -0.25) is 9.69 Å². The molecule has 1 saturated heterocycles. The second-order valence-electron chi connectivity index (χ2n) is 7.57. The Bertz CT molecular complexity index is 1380. The van der Waals surface area contributed by atoms with Crippen molar-refractivity contribution in [2.24, 2.45) is 0 Å². The zero-order chi connectivity index (χ0) is 24.5. The minimum atomic E-state index is -3.63. The van der Waals surface area contributed by atoms with E-state index in [9.17, 15) is 13.2 Å². The minimum absolute atomic E-state index is 0.175. The first kappa shape index (κ1) is 24.3. The molecular weight excluding hydrogens is 488 g/mol. The van der Waals surface area contributed by atoms with Crippen molar-refractivity contribution < 1.29 is 13.2 Å². The number of thioether (sulfide) groups is 1. The van der Waals surface area contributed by atoms with Crippen LogP contribution in [-0.2, 0) is 14.8 Å². The van der Waals surface area contributed by atoms with Crippen LogP contribution in [0, 0.1) is 0 Å². The average molecular weight is 513 g/mol. The second-order valence-corrected chi connectivity index (χ2v) is 11.2. The molecule has 7 nitrogen and oxygen atoms in total. The molecule has 1 aliphatic heterocycles. The van der Waals surface area contributed by atoms with Crippen molar-refractivity contribution in [1.29, 1.82) is 0 Å². The maximum absolute atomic E-state index is 13.1. The molecule has 10 heteroatoms. The highest BCUT2D eigenvalue weighted by Gasteiger charge is 2.29. The van der Waals surface area contributed by atoms with E-state index in [0.717, 1.165) is 5.69 Å². The first-order valence-electron chi connectivity index (χ1n) is 10.7. The number of nitrogens with zero attached hydrogens (tertiary/aromatic N) is 4. The zero-order valence-electron chi connectivity index (χ0n) is 19.0. The number of likely N-dealkylation sites (N-methyl/N-ethyl adjacent to an activating group) is 1. The lowest BCUT2D eigenvalue weighted by atomic mass is 10.1. The lowest BCUT2D eigenvalue weighted by Gasteiger charge is -2.18. The van der Waals surface area contributed by atoms with Gasteiger partial charge in [0.2, 0.25) is 10.0 Å². The number of rotatable bonds is 7. The molecule has 0 saturated carbocycles. The van der Waals surface area contributed by atoms with E-state index in [1.807, 2.05) is 56.4 Å². The summed E-state index contributed by atoms with van der Waals surface area (Å²) in [5.74, 6) is -0.175. The fraction of sp³-hybridized carbons (Fsp3) is 0.208. The van der Waals surface area contributed by atoms with Crippen molar-refractivity contribution >= 4 is 50.3 Å². The summed E-state index contributed by atoms with van der Waals surface area (Å²) in [5, 5.41) is 4.76. The molecule has 34 heavy (non-hydrogen) atoms. The van der Waals surface area contributed by atoms with E-state index in [4.69, 9.17) is 17.3 Å². The molecule has 176 valence electrons. The topological polar surface area (TPSA) is 75.5 Å². The van der Waals surface area contributed by atoms with Gasteiger partial charge in [-0.15, -0.1) is 0 Å². The molecule has 3 aromatic rings. The van der Waals surface area contributed by atoms with Crippen LogP contribution in [0.1, 0.15) is 19.4 Å². The van der Waals surface area contributed by atoms with Crippen LogP contribution < -0.4 is 0 Å². The van der Waals surface area contributed by atoms with Gasteiger partial charge in [0.15, 0.2) is 0 Å². The molecule has 0 N–H and O–H groups in total. The first-order valence-corrected chi connectivity index (χ1v) is 13.4. The Balaban J connectivity index is 1.86. The third-order valence-corrected chi connectivity index (χ3v) is 9.02. The van der Waals surface area contributed by atoms with Crippen LogP contribution in [0.5, 0.6) is 0 Å². The number of carbonyl (C=O) groups is 1. The van der Waals surface area contributed by atoms with Gasteiger partial charge in [-0.05, 0) is 30.3 Å². The molecule has 1 fully saturated rings. The third-order valence-electron chi connectivity index (χ3n) is 5.49. The van der Waals surface area contributed by atoms with E-state index in [1.54, 1.807) is 36.0 Å². The van der Waals surface area contributed by atoms with E-state index in [0.29, 0.717) is 39.1 Å². The van der Waals surface area contributed by atoms with Gasteiger partial charge in [-0.25, -0.2) is 13.1 Å². The average Bonchev–Trinajstić information content (AvgIpc) is 3.37.